The number of nitrogens with zero attached hydrogens (tertiary/aromatic N) is 3. The van der Waals surface area contributed by atoms with Crippen LogP contribution in [0, 0.1) is 0 Å². The van der Waals surface area contributed by atoms with Crippen molar-refractivity contribution in [1.82, 2.24) is 14.9 Å². The highest BCUT2D eigenvalue weighted by molar-refractivity contribution is 5.94. The second-order valence-electron chi connectivity index (χ2n) is 4.93. The van der Waals surface area contributed by atoms with Crippen molar-refractivity contribution in [3.05, 3.63) is 47.9 Å². The van der Waals surface area contributed by atoms with E-state index in [1.165, 1.54) is 0 Å². The van der Waals surface area contributed by atoms with Gasteiger partial charge in [-0.3, -0.25) is 9.59 Å². The molecule has 0 aliphatic carbocycles. The number of rotatable bonds is 3. The highest BCUT2D eigenvalue weighted by Crippen LogP contribution is 2.14. The average Bonchev–Trinajstić information content (AvgIpc) is 3.04. The van der Waals surface area contributed by atoms with Crippen LogP contribution in [0.25, 0.3) is 0 Å². The van der Waals surface area contributed by atoms with Crippen LogP contribution in [0.4, 0.5) is 5.82 Å². The van der Waals surface area contributed by atoms with Gasteiger partial charge in [0, 0.05) is 44.1 Å². The summed E-state index contributed by atoms with van der Waals surface area (Å²) in [5.41, 5.74) is 0.953. The van der Waals surface area contributed by atoms with E-state index in [0.717, 1.165) is 25.2 Å². The lowest BCUT2D eigenvalue weighted by molar-refractivity contribution is 0.0741. The van der Waals surface area contributed by atoms with Crippen molar-refractivity contribution in [3.63, 3.8) is 0 Å². The summed E-state index contributed by atoms with van der Waals surface area (Å²) in [5, 5.41) is 0. The van der Waals surface area contributed by atoms with Gasteiger partial charge < -0.3 is 14.8 Å². The van der Waals surface area contributed by atoms with Crippen molar-refractivity contribution in [2.75, 3.05) is 31.1 Å². The number of carbonyl (C=O) groups is 2. The van der Waals surface area contributed by atoms with Crippen LogP contribution in [0.15, 0.2) is 36.7 Å². The van der Waals surface area contributed by atoms with Gasteiger partial charge in [0.2, 0.25) is 0 Å². The number of nitrogens with one attached hydrogen (secondary N) is 1. The Morgan fingerprint density at radius 1 is 1.24 bits per heavy atom. The molecule has 1 amide bonds. The molecule has 0 radical (unpaired) electrons. The Morgan fingerprint density at radius 2 is 2.05 bits per heavy atom. The molecule has 1 N–H and O–H groups in total. The third-order valence-electron chi connectivity index (χ3n) is 3.61. The van der Waals surface area contributed by atoms with Crippen molar-refractivity contribution < 1.29 is 9.59 Å². The normalized spacial score (nSPS) is 15.0. The van der Waals surface area contributed by atoms with Crippen molar-refractivity contribution >= 4 is 18.0 Å². The Hall–Kier alpha value is -2.63. The maximum atomic E-state index is 12.3. The van der Waals surface area contributed by atoms with Crippen LogP contribution in [0.3, 0.4) is 0 Å². The zero-order valence-corrected chi connectivity index (χ0v) is 11.5. The van der Waals surface area contributed by atoms with Crippen LogP contribution >= 0.6 is 0 Å². The van der Waals surface area contributed by atoms with Crippen molar-refractivity contribution in [2.24, 2.45) is 0 Å². The zero-order valence-electron chi connectivity index (χ0n) is 11.5. The van der Waals surface area contributed by atoms with E-state index in [-0.39, 0.29) is 5.91 Å². The van der Waals surface area contributed by atoms with Crippen molar-refractivity contribution in [3.8, 4) is 0 Å². The summed E-state index contributed by atoms with van der Waals surface area (Å²) in [6.07, 6.45) is 4.05. The molecule has 1 aliphatic heterocycles. The van der Waals surface area contributed by atoms with E-state index in [0.29, 0.717) is 24.3 Å². The number of hydrogen-bond acceptors (Lipinski definition) is 4. The van der Waals surface area contributed by atoms with Crippen molar-refractivity contribution in [2.45, 2.75) is 0 Å². The Bertz CT molecular complexity index is 630. The fourth-order valence-corrected chi connectivity index (χ4v) is 2.45. The summed E-state index contributed by atoms with van der Waals surface area (Å²) in [6.45, 7) is 2.80. The Balaban J connectivity index is 1.63. The molecule has 0 atom stereocenters. The van der Waals surface area contributed by atoms with Gasteiger partial charge in [-0.05, 0) is 18.2 Å². The van der Waals surface area contributed by atoms with E-state index in [9.17, 15) is 9.59 Å². The standard InChI is InChI=1S/C15H16N4O2/c20-11-12-9-13(17-10-12)15(21)19-7-5-18(6-8-19)14-3-1-2-4-16-14/h1-4,9-11,17H,5-8H2. The first-order valence-electron chi connectivity index (χ1n) is 6.87. The van der Waals surface area contributed by atoms with Gasteiger partial charge in [-0.25, -0.2) is 4.98 Å². The Kier molecular flexibility index (Phi) is 3.68. The minimum atomic E-state index is -0.0660. The summed E-state index contributed by atoms with van der Waals surface area (Å²) in [4.78, 5) is 34.1. The van der Waals surface area contributed by atoms with E-state index in [2.05, 4.69) is 14.9 Å². The molecule has 6 heteroatoms. The van der Waals surface area contributed by atoms with Gasteiger partial charge in [-0.15, -0.1) is 0 Å². The van der Waals surface area contributed by atoms with Crippen LogP contribution in [0.5, 0.6) is 0 Å². The van der Waals surface area contributed by atoms with Crippen LogP contribution in [-0.2, 0) is 0 Å². The largest absolute Gasteiger partial charge is 0.356 e. The summed E-state index contributed by atoms with van der Waals surface area (Å²) >= 11 is 0. The number of aromatic nitrogens is 2. The summed E-state index contributed by atoms with van der Waals surface area (Å²) < 4.78 is 0. The number of pyridine rings is 1. The predicted molar refractivity (Wildman–Crippen MR) is 78.5 cm³/mol. The molecule has 108 valence electrons. The molecule has 0 unspecified atom stereocenters. The summed E-state index contributed by atoms with van der Waals surface area (Å²) in [7, 11) is 0. The van der Waals surface area contributed by atoms with Crippen molar-refractivity contribution in [1.29, 1.82) is 0 Å². The predicted octanol–water partition coefficient (Wildman–Crippen LogP) is 1.18. The number of aldehydes is 1. The first-order valence-corrected chi connectivity index (χ1v) is 6.87. The van der Waals surface area contributed by atoms with E-state index in [4.69, 9.17) is 0 Å². The van der Waals surface area contributed by atoms with Gasteiger partial charge in [0.15, 0.2) is 6.29 Å². The smallest absolute Gasteiger partial charge is 0.270 e. The molecule has 0 spiro atoms. The summed E-state index contributed by atoms with van der Waals surface area (Å²) in [6, 6.07) is 7.40. The number of aromatic amines is 1. The monoisotopic (exact) mass is 284 g/mol. The van der Waals surface area contributed by atoms with Gasteiger partial charge in [-0.1, -0.05) is 6.07 Å². The molecule has 1 aliphatic rings. The van der Waals surface area contributed by atoms with Crippen LogP contribution in [-0.4, -0.2) is 53.2 Å². The first kappa shape index (κ1) is 13.4. The molecule has 0 aromatic carbocycles. The number of carbonyl (C=O) groups excluding carboxylic acids is 2. The van der Waals surface area contributed by atoms with E-state index in [1.807, 2.05) is 18.2 Å². The fourth-order valence-electron chi connectivity index (χ4n) is 2.45. The molecular weight excluding hydrogens is 268 g/mol. The Labute approximate surface area is 122 Å². The molecule has 0 saturated carbocycles. The van der Waals surface area contributed by atoms with Crippen LogP contribution in [0.1, 0.15) is 20.8 Å². The molecule has 6 nitrogen and oxygen atoms in total. The maximum absolute atomic E-state index is 12.3. The third kappa shape index (κ3) is 2.79. The number of H-pyrrole nitrogens is 1. The molecule has 3 heterocycles. The molecule has 1 fully saturated rings. The van der Waals surface area contributed by atoms with Crippen LogP contribution < -0.4 is 4.90 Å². The van der Waals surface area contributed by atoms with Gasteiger partial charge in [0.25, 0.3) is 5.91 Å². The number of piperazine rings is 1. The first-order chi connectivity index (χ1) is 10.3. The fraction of sp³-hybridized carbons (Fsp3) is 0.267. The number of hydrogen-bond donors (Lipinski definition) is 1. The molecule has 0 bridgehead atoms. The second-order valence-corrected chi connectivity index (χ2v) is 4.93. The second kappa shape index (κ2) is 5.78. The molecule has 2 aromatic heterocycles. The molecular formula is C15H16N4O2. The molecule has 21 heavy (non-hydrogen) atoms. The van der Waals surface area contributed by atoms with E-state index in [1.54, 1.807) is 23.4 Å². The molecule has 1 saturated heterocycles. The van der Waals surface area contributed by atoms with E-state index >= 15 is 0 Å². The molecule has 3 rings (SSSR count). The van der Waals surface area contributed by atoms with Crippen LogP contribution in [0.2, 0.25) is 0 Å². The third-order valence-corrected chi connectivity index (χ3v) is 3.61. The lowest BCUT2D eigenvalue weighted by Gasteiger charge is -2.35. The van der Waals surface area contributed by atoms with Gasteiger partial charge in [-0.2, -0.15) is 0 Å². The minimum absolute atomic E-state index is 0.0660. The maximum Gasteiger partial charge on any atom is 0.270 e. The zero-order chi connectivity index (χ0) is 14.7. The molecule has 2 aromatic rings. The lowest BCUT2D eigenvalue weighted by atomic mass is 10.2. The SMILES string of the molecule is O=Cc1c[nH]c(C(=O)N2CCN(c3ccccn3)CC2)c1. The summed E-state index contributed by atoms with van der Waals surface area (Å²) in [5.74, 6) is 0.872. The topological polar surface area (TPSA) is 69.3 Å². The van der Waals surface area contributed by atoms with Gasteiger partial charge in [0.05, 0.1) is 0 Å². The quantitative estimate of drug-likeness (QED) is 0.859. The van der Waals surface area contributed by atoms with Gasteiger partial charge in [0.1, 0.15) is 11.5 Å². The Morgan fingerprint density at radius 3 is 2.67 bits per heavy atom. The van der Waals surface area contributed by atoms with E-state index < -0.39 is 0 Å². The minimum Gasteiger partial charge on any atom is -0.356 e. The highest BCUT2D eigenvalue weighted by Gasteiger charge is 2.23. The average molecular weight is 284 g/mol. The van der Waals surface area contributed by atoms with Gasteiger partial charge >= 0.3 is 0 Å². The number of anilines is 1. The lowest BCUT2D eigenvalue weighted by Crippen LogP contribution is -2.49. The number of amides is 1. The highest BCUT2D eigenvalue weighted by atomic mass is 16.2.